The molecule has 0 spiro atoms. The Balaban J connectivity index is 1.54. The van der Waals surface area contributed by atoms with Crippen molar-refractivity contribution in [2.75, 3.05) is 46.9 Å². The van der Waals surface area contributed by atoms with Crippen molar-refractivity contribution in [3.05, 3.63) is 42.0 Å². The maximum absolute atomic E-state index is 12.8. The van der Waals surface area contributed by atoms with Crippen LogP contribution in [0.5, 0.6) is 11.5 Å². The normalized spacial score (nSPS) is 15.1. The quantitative estimate of drug-likeness (QED) is 0.786. The molecule has 1 aromatic heterocycles. The number of benzene rings is 1. The predicted molar refractivity (Wildman–Crippen MR) is 98.9 cm³/mol. The summed E-state index contributed by atoms with van der Waals surface area (Å²) in [5, 5.41) is 0. The van der Waals surface area contributed by atoms with Crippen LogP contribution in [0, 0.1) is 6.92 Å². The van der Waals surface area contributed by atoms with Gasteiger partial charge in [-0.25, -0.2) is 4.98 Å². The number of imidazole rings is 1. The average molecular weight is 358 g/mol. The average Bonchev–Trinajstić information content (AvgIpc) is 3.10. The van der Waals surface area contributed by atoms with E-state index in [1.807, 2.05) is 24.2 Å². The minimum atomic E-state index is 0.0380. The summed E-state index contributed by atoms with van der Waals surface area (Å²) in [6.07, 6.45) is 3.83. The van der Waals surface area contributed by atoms with E-state index in [0.29, 0.717) is 17.1 Å². The van der Waals surface area contributed by atoms with Crippen LogP contribution in [0.2, 0.25) is 0 Å². The largest absolute Gasteiger partial charge is 0.493 e. The van der Waals surface area contributed by atoms with Gasteiger partial charge in [0.15, 0.2) is 11.5 Å². The van der Waals surface area contributed by atoms with E-state index in [1.54, 1.807) is 32.4 Å². The molecule has 7 nitrogen and oxygen atoms in total. The van der Waals surface area contributed by atoms with E-state index in [2.05, 4.69) is 14.5 Å². The molecular weight excluding hydrogens is 332 g/mol. The number of aryl methyl sites for hydroxylation is 1. The summed E-state index contributed by atoms with van der Waals surface area (Å²) in [6.45, 7) is 7.14. The summed E-state index contributed by atoms with van der Waals surface area (Å²) in [4.78, 5) is 21.3. The van der Waals surface area contributed by atoms with E-state index in [-0.39, 0.29) is 5.91 Å². The number of methoxy groups -OCH3 is 2. The Morgan fingerprint density at radius 3 is 2.42 bits per heavy atom. The monoisotopic (exact) mass is 358 g/mol. The first kappa shape index (κ1) is 18.3. The molecule has 0 bridgehead atoms. The Bertz CT molecular complexity index is 751. The van der Waals surface area contributed by atoms with Gasteiger partial charge < -0.3 is 18.9 Å². The van der Waals surface area contributed by atoms with Gasteiger partial charge in [0.05, 0.1) is 14.2 Å². The van der Waals surface area contributed by atoms with Gasteiger partial charge in [-0.15, -0.1) is 0 Å². The predicted octanol–water partition coefficient (Wildman–Crippen LogP) is 1.67. The molecule has 7 heteroatoms. The molecule has 1 amide bonds. The van der Waals surface area contributed by atoms with Gasteiger partial charge in [0.1, 0.15) is 5.82 Å². The van der Waals surface area contributed by atoms with E-state index in [9.17, 15) is 4.79 Å². The number of ether oxygens (including phenoxy) is 2. The second-order valence-corrected chi connectivity index (χ2v) is 6.37. The zero-order valence-corrected chi connectivity index (χ0v) is 15.6. The first-order valence-corrected chi connectivity index (χ1v) is 8.83. The molecule has 0 N–H and O–H groups in total. The molecule has 3 rings (SSSR count). The van der Waals surface area contributed by atoms with Gasteiger partial charge in [0, 0.05) is 57.2 Å². The third-order valence-corrected chi connectivity index (χ3v) is 4.87. The number of aromatic nitrogens is 2. The number of carbonyl (C=O) groups is 1. The van der Waals surface area contributed by atoms with Crippen LogP contribution in [0.4, 0.5) is 0 Å². The summed E-state index contributed by atoms with van der Waals surface area (Å²) in [7, 11) is 3.16. The number of piperazine rings is 1. The van der Waals surface area contributed by atoms with Crippen LogP contribution in [0.15, 0.2) is 30.6 Å². The summed E-state index contributed by atoms with van der Waals surface area (Å²) < 4.78 is 12.7. The van der Waals surface area contributed by atoms with E-state index in [4.69, 9.17) is 9.47 Å². The maximum atomic E-state index is 12.8. The third kappa shape index (κ3) is 3.99. The SMILES string of the molecule is COc1ccc(C(=O)N2CCN(CCn3ccnc3C)CC2)cc1OC. The molecule has 1 aromatic carbocycles. The summed E-state index contributed by atoms with van der Waals surface area (Å²) in [5.74, 6) is 2.28. The van der Waals surface area contributed by atoms with Crippen LogP contribution in [-0.2, 0) is 6.54 Å². The van der Waals surface area contributed by atoms with Crippen molar-refractivity contribution in [1.82, 2.24) is 19.4 Å². The number of hydrogen-bond donors (Lipinski definition) is 0. The van der Waals surface area contributed by atoms with Crippen LogP contribution < -0.4 is 9.47 Å². The third-order valence-electron chi connectivity index (χ3n) is 4.87. The first-order valence-electron chi connectivity index (χ1n) is 8.83. The zero-order valence-electron chi connectivity index (χ0n) is 15.6. The number of rotatable bonds is 6. The van der Waals surface area contributed by atoms with Crippen molar-refractivity contribution in [1.29, 1.82) is 0 Å². The first-order chi connectivity index (χ1) is 12.6. The van der Waals surface area contributed by atoms with E-state index < -0.39 is 0 Å². The second-order valence-electron chi connectivity index (χ2n) is 6.37. The van der Waals surface area contributed by atoms with Gasteiger partial charge in [0.25, 0.3) is 5.91 Å². The molecule has 1 saturated heterocycles. The Morgan fingerprint density at radius 1 is 1.08 bits per heavy atom. The van der Waals surface area contributed by atoms with Crippen LogP contribution in [0.1, 0.15) is 16.2 Å². The number of carbonyl (C=O) groups excluding carboxylic acids is 1. The molecule has 26 heavy (non-hydrogen) atoms. The summed E-state index contributed by atoms with van der Waals surface area (Å²) in [5.41, 5.74) is 0.630. The highest BCUT2D eigenvalue weighted by Gasteiger charge is 2.23. The molecule has 0 radical (unpaired) electrons. The molecular formula is C19H26N4O3. The van der Waals surface area contributed by atoms with Crippen molar-refractivity contribution in [3.63, 3.8) is 0 Å². The van der Waals surface area contributed by atoms with Crippen molar-refractivity contribution in [3.8, 4) is 11.5 Å². The standard InChI is InChI=1S/C19H26N4O3/c1-15-20-6-7-22(15)11-8-21-9-12-23(13-10-21)19(24)16-4-5-17(25-2)18(14-16)26-3/h4-7,14H,8-13H2,1-3H3. The van der Waals surface area contributed by atoms with Crippen molar-refractivity contribution in [2.24, 2.45) is 0 Å². The molecule has 2 heterocycles. The van der Waals surface area contributed by atoms with Gasteiger partial charge in [-0.3, -0.25) is 9.69 Å². The van der Waals surface area contributed by atoms with Gasteiger partial charge in [0.2, 0.25) is 0 Å². The topological polar surface area (TPSA) is 59.8 Å². The van der Waals surface area contributed by atoms with Crippen LogP contribution in [0.25, 0.3) is 0 Å². The van der Waals surface area contributed by atoms with Gasteiger partial charge in [-0.05, 0) is 25.1 Å². The molecule has 140 valence electrons. The lowest BCUT2D eigenvalue weighted by molar-refractivity contribution is 0.0632. The molecule has 0 saturated carbocycles. The zero-order chi connectivity index (χ0) is 18.5. The van der Waals surface area contributed by atoms with Crippen molar-refractivity contribution >= 4 is 5.91 Å². The molecule has 0 atom stereocenters. The molecule has 2 aromatic rings. The molecule has 0 unspecified atom stereocenters. The molecule has 0 aliphatic carbocycles. The lowest BCUT2D eigenvalue weighted by Crippen LogP contribution is -2.49. The van der Waals surface area contributed by atoms with E-state index in [0.717, 1.165) is 45.1 Å². The van der Waals surface area contributed by atoms with Crippen LogP contribution >= 0.6 is 0 Å². The number of hydrogen-bond acceptors (Lipinski definition) is 5. The Kier molecular flexibility index (Phi) is 5.78. The Labute approximate surface area is 154 Å². The summed E-state index contributed by atoms with van der Waals surface area (Å²) >= 11 is 0. The van der Waals surface area contributed by atoms with Gasteiger partial charge in [-0.2, -0.15) is 0 Å². The lowest BCUT2D eigenvalue weighted by Gasteiger charge is -2.35. The number of nitrogens with zero attached hydrogens (tertiary/aromatic N) is 4. The van der Waals surface area contributed by atoms with Gasteiger partial charge in [-0.1, -0.05) is 0 Å². The van der Waals surface area contributed by atoms with Crippen LogP contribution in [-0.4, -0.2) is 72.2 Å². The molecule has 1 aliphatic rings. The second kappa shape index (κ2) is 8.23. The molecule has 1 aliphatic heterocycles. The fraction of sp³-hybridized carbons (Fsp3) is 0.474. The Morgan fingerprint density at radius 2 is 1.81 bits per heavy atom. The fourth-order valence-electron chi connectivity index (χ4n) is 3.22. The molecule has 1 fully saturated rings. The van der Waals surface area contributed by atoms with Crippen molar-refractivity contribution in [2.45, 2.75) is 13.5 Å². The lowest BCUT2D eigenvalue weighted by atomic mass is 10.1. The van der Waals surface area contributed by atoms with Crippen molar-refractivity contribution < 1.29 is 14.3 Å². The minimum Gasteiger partial charge on any atom is -0.493 e. The Hall–Kier alpha value is -2.54. The summed E-state index contributed by atoms with van der Waals surface area (Å²) in [6, 6.07) is 5.31. The van der Waals surface area contributed by atoms with E-state index >= 15 is 0 Å². The fourth-order valence-corrected chi connectivity index (χ4v) is 3.22. The minimum absolute atomic E-state index is 0.0380. The maximum Gasteiger partial charge on any atom is 0.254 e. The number of amides is 1. The highest BCUT2D eigenvalue weighted by Crippen LogP contribution is 2.28. The van der Waals surface area contributed by atoms with Gasteiger partial charge >= 0.3 is 0 Å². The highest BCUT2D eigenvalue weighted by atomic mass is 16.5. The smallest absolute Gasteiger partial charge is 0.254 e. The van der Waals surface area contributed by atoms with E-state index in [1.165, 1.54) is 0 Å². The van der Waals surface area contributed by atoms with Crippen LogP contribution in [0.3, 0.4) is 0 Å². The highest BCUT2D eigenvalue weighted by molar-refractivity contribution is 5.95.